The molecule has 2 heterocycles. The molecule has 2 aromatic heterocycles. The molecule has 0 bridgehead atoms. The summed E-state index contributed by atoms with van der Waals surface area (Å²) in [5.41, 5.74) is 33.5. The van der Waals surface area contributed by atoms with Crippen molar-refractivity contribution < 1.29 is 0 Å². The van der Waals surface area contributed by atoms with Gasteiger partial charge in [0.1, 0.15) is 0 Å². The molecule has 0 saturated carbocycles. The van der Waals surface area contributed by atoms with E-state index >= 15 is 0 Å². The van der Waals surface area contributed by atoms with Gasteiger partial charge in [-0.25, -0.2) is 0 Å². The fourth-order valence-electron chi connectivity index (χ4n) is 16.5. The van der Waals surface area contributed by atoms with E-state index in [2.05, 4.69) is 445 Å². The van der Waals surface area contributed by atoms with Gasteiger partial charge in [0.25, 0.3) is 0 Å². The number of anilines is 5. The molecule has 0 unspecified atom stereocenters. The number of rotatable bonds is 11. The van der Waals surface area contributed by atoms with E-state index in [1.807, 2.05) is 6.07 Å². The van der Waals surface area contributed by atoms with Gasteiger partial charge in [0.2, 0.25) is 0 Å². The molecule has 18 aromatic rings. The predicted octanol–water partition coefficient (Wildman–Crippen LogP) is 28.5. The maximum Gasteiger partial charge on any atom is 0.0541 e. The SMILES string of the molecule is Brc1ccc(-c2ccc3c(c2)c2ccccc2n3-c2ccccc2)cc1.CC1(C)c2ccccc2-c2ccc(N(c3ccc(-c4ccccc4)cc3)c3ccc(-c4ccc5c(c4)c4ccccc4n5-c4ccccc4)cc3)cc21.CC1(C)c2ccccc2-c2ccc(Nc3ccc(-c4ccccc4)cc3)cc21. The first-order valence-corrected chi connectivity index (χ1v) is 37.7. The van der Waals surface area contributed by atoms with Crippen LogP contribution in [0.3, 0.4) is 0 Å². The van der Waals surface area contributed by atoms with Crippen LogP contribution in [0, 0.1) is 0 Å². The first-order chi connectivity index (χ1) is 52.5. The number of aromatic nitrogens is 2. The number of nitrogens with zero attached hydrogens (tertiary/aromatic N) is 3. The van der Waals surface area contributed by atoms with Crippen LogP contribution in [-0.4, -0.2) is 9.13 Å². The van der Waals surface area contributed by atoms with Crippen molar-refractivity contribution in [1.29, 1.82) is 0 Å². The van der Waals surface area contributed by atoms with Crippen LogP contribution >= 0.6 is 15.9 Å². The minimum Gasteiger partial charge on any atom is -0.356 e. The standard InChI is InChI=1S/C51H38N2.C27H23N.C24H16BrN/c1-51(2)47-19-11-9-17-43(47)44-31-30-42(34-48(44)51)52(40-26-21-36(22-27-40)35-13-5-3-6-14-35)41-28-23-37(24-29-41)38-25-32-50-46(33-38)45-18-10-12-20-49(45)53(50)39-15-7-4-8-16-39;1-27(2)25-11-7-6-10-23(25)24-17-16-22(18-26(24)27)28-21-14-12-20(13-15-21)19-8-4-3-5-9-19;25-19-13-10-17(11-14-19)18-12-15-24-22(16-18)21-8-4-5-9-23(21)26(24)20-6-2-1-3-7-20/h3-34H,1-2H3;3-18,28H,1-2H3;1-16H. The van der Waals surface area contributed by atoms with Crippen LogP contribution in [0.5, 0.6) is 0 Å². The molecule has 4 nitrogen and oxygen atoms in total. The number of halogens is 1. The Hall–Kier alpha value is -12.8. The minimum atomic E-state index is -0.0864. The van der Waals surface area contributed by atoms with Gasteiger partial charge in [-0.05, 0) is 222 Å². The van der Waals surface area contributed by atoms with Gasteiger partial charge in [-0.1, -0.05) is 298 Å². The van der Waals surface area contributed by atoms with Crippen LogP contribution < -0.4 is 10.2 Å². The van der Waals surface area contributed by atoms with Crippen molar-refractivity contribution in [2.24, 2.45) is 0 Å². The second kappa shape index (κ2) is 27.7. The summed E-state index contributed by atoms with van der Waals surface area (Å²) in [6.07, 6.45) is 0. The molecule has 16 aromatic carbocycles. The zero-order valence-electron chi connectivity index (χ0n) is 60.2. The normalized spacial score (nSPS) is 12.7. The van der Waals surface area contributed by atoms with Gasteiger partial charge < -0.3 is 19.4 Å². The average Bonchev–Trinajstić information content (AvgIpc) is 1.75. The quantitative estimate of drug-likeness (QED) is 0.140. The van der Waals surface area contributed by atoms with Crippen LogP contribution in [0.2, 0.25) is 0 Å². The highest BCUT2D eigenvalue weighted by Crippen LogP contribution is 2.52. The maximum absolute atomic E-state index is 3.58. The Morgan fingerprint density at radius 2 is 0.570 bits per heavy atom. The summed E-state index contributed by atoms with van der Waals surface area (Å²) in [4.78, 5) is 2.40. The number of hydrogen-bond donors (Lipinski definition) is 1. The summed E-state index contributed by atoms with van der Waals surface area (Å²) in [6.45, 7) is 9.33. The van der Waals surface area contributed by atoms with Crippen molar-refractivity contribution in [2.75, 3.05) is 10.2 Å². The number of fused-ring (bicyclic) bond motifs is 12. The van der Waals surface area contributed by atoms with E-state index in [9.17, 15) is 0 Å². The third-order valence-electron chi connectivity index (χ3n) is 21.9. The van der Waals surface area contributed by atoms with Gasteiger partial charge in [0.05, 0.1) is 22.1 Å². The van der Waals surface area contributed by atoms with E-state index in [0.717, 1.165) is 32.9 Å². The van der Waals surface area contributed by atoms with Crippen LogP contribution in [0.4, 0.5) is 28.4 Å². The Morgan fingerprint density at radius 1 is 0.243 bits per heavy atom. The summed E-state index contributed by atoms with van der Waals surface area (Å²) < 4.78 is 5.81. The molecule has 512 valence electrons. The molecule has 1 N–H and O–H groups in total. The molecule has 2 aliphatic carbocycles. The lowest BCUT2D eigenvalue weighted by molar-refractivity contribution is 0.660. The van der Waals surface area contributed by atoms with Gasteiger partial charge in [0, 0.05) is 76.7 Å². The fraction of sp³-hybridized carbons (Fsp3) is 0.0588. The molecule has 5 heteroatoms. The molecule has 0 atom stereocenters. The lowest BCUT2D eigenvalue weighted by Gasteiger charge is -2.28. The lowest BCUT2D eigenvalue weighted by atomic mass is 9.82. The molecule has 107 heavy (non-hydrogen) atoms. The molecule has 0 radical (unpaired) electrons. The summed E-state index contributed by atoms with van der Waals surface area (Å²) in [7, 11) is 0. The summed E-state index contributed by atoms with van der Waals surface area (Å²) >= 11 is 3.52. The zero-order chi connectivity index (χ0) is 72.2. The zero-order valence-corrected chi connectivity index (χ0v) is 61.8. The molecule has 20 rings (SSSR count). The van der Waals surface area contributed by atoms with E-state index in [-0.39, 0.29) is 10.8 Å². The third kappa shape index (κ3) is 12.3. The molecular weight excluding hydrogens is 1360 g/mol. The van der Waals surface area contributed by atoms with Gasteiger partial charge in [-0.3, -0.25) is 0 Å². The van der Waals surface area contributed by atoms with Gasteiger partial charge in [0.15, 0.2) is 0 Å². The van der Waals surface area contributed by atoms with Crippen LogP contribution in [0.15, 0.2) is 393 Å². The Labute approximate surface area is 634 Å². The Balaban J connectivity index is 0.000000126. The predicted molar refractivity (Wildman–Crippen MR) is 457 cm³/mol. The Bertz CT molecular complexity index is 6300. The topological polar surface area (TPSA) is 25.1 Å². The summed E-state index contributed by atoms with van der Waals surface area (Å²) in [5.74, 6) is 0. The average molecular weight is 1440 g/mol. The van der Waals surface area contributed by atoms with Gasteiger partial charge in [-0.2, -0.15) is 0 Å². The minimum absolute atomic E-state index is 0.0286. The number of para-hydroxylation sites is 4. The molecule has 0 aliphatic heterocycles. The highest BCUT2D eigenvalue weighted by Gasteiger charge is 2.37. The fourth-order valence-corrected chi connectivity index (χ4v) is 16.8. The van der Waals surface area contributed by atoms with E-state index in [1.54, 1.807) is 0 Å². The van der Waals surface area contributed by atoms with E-state index < -0.39 is 0 Å². The molecule has 0 saturated heterocycles. The van der Waals surface area contributed by atoms with Crippen molar-refractivity contribution in [3.63, 3.8) is 0 Å². The van der Waals surface area contributed by atoms with Crippen molar-refractivity contribution in [3.8, 4) is 78.1 Å². The second-order valence-corrected chi connectivity index (χ2v) is 30.0. The molecule has 0 spiro atoms. The molecule has 0 amide bonds. The van der Waals surface area contributed by atoms with Crippen molar-refractivity contribution in [1.82, 2.24) is 9.13 Å². The second-order valence-electron chi connectivity index (χ2n) is 29.0. The van der Waals surface area contributed by atoms with E-state index in [0.29, 0.717) is 0 Å². The van der Waals surface area contributed by atoms with Crippen molar-refractivity contribution in [2.45, 2.75) is 38.5 Å². The van der Waals surface area contributed by atoms with Gasteiger partial charge in [-0.15, -0.1) is 0 Å². The molecule has 0 fully saturated rings. The Morgan fingerprint density at radius 3 is 1.05 bits per heavy atom. The highest BCUT2D eigenvalue weighted by molar-refractivity contribution is 9.10. The van der Waals surface area contributed by atoms with Crippen LogP contribution in [0.1, 0.15) is 49.9 Å². The van der Waals surface area contributed by atoms with Gasteiger partial charge >= 0.3 is 0 Å². The lowest BCUT2D eigenvalue weighted by Crippen LogP contribution is -2.16. The smallest absolute Gasteiger partial charge is 0.0541 e. The maximum atomic E-state index is 3.58. The molecular formula is C102H77BrN4. The largest absolute Gasteiger partial charge is 0.356 e. The summed E-state index contributed by atoms with van der Waals surface area (Å²) in [5, 5.41) is 8.66. The Kier molecular flexibility index (Phi) is 17.1. The van der Waals surface area contributed by atoms with Crippen molar-refractivity contribution in [3.05, 3.63) is 415 Å². The number of hydrogen-bond acceptors (Lipinski definition) is 2. The summed E-state index contributed by atoms with van der Waals surface area (Å²) in [6, 6.07) is 140. The molecule has 2 aliphatic rings. The van der Waals surface area contributed by atoms with Crippen molar-refractivity contribution >= 4 is 88.0 Å². The first kappa shape index (κ1) is 66.2. The number of nitrogens with one attached hydrogen (secondary N) is 1. The third-order valence-corrected chi connectivity index (χ3v) is 22.5. The number of benzene rings is 16. The van der Waals surface area contributed by atoms with Crippen LogP contribution in [0.25, 0.3) is 122 Å². The highest BCUT2D eigenvalue weighted by atomic mass is 79.9. The first-order valence-electron chi connectivity index (χ1n) is 36.9. The monoisotopic (exact) mass is 1440 g/mol. The van der Waals surface area contributed by atoms with Crippen LogP contribution in [-0.2, 0) is 10.8 Å². The van der Waals surface area contributed by atoms with E-state index in [4.69, 9.17) is 0 Å². The van der Waals surface area contributed by atoms with E-state index in [1.165, 1.54) is 144 Å².